The molecule has 0 saturated carbocycles. The van der Waals surface area contributed by atoms with E-state index in [0.717, 1.165) is 13.7 Å². The second-order valence-corrected chi connectivity index (χ2v) is 4.08. The highest BCUT2D eigenvalue weighted by molar-refractivity contribution is 7.80. The molecule has 7 nitrogen and oxygen atoms in total. The number of carbonyl (C=O) groups is 1. The molecule has 0 aliphatic carbocycles. The summed E-state index contributed by atoms with van der Waals surface area (Å²) in [7, 11) is 0.625. The van der Waals surface area contributed by atoms with Gasteiger partial charge >= 0.3 is 10.4 Å². The smallest absolute Gasteiger partial charge is 0.351 e. The monoisotopic (exact) mass is 254 g/mol. The van der Waals surface area contributed by atoms with Gasteiger partial charge in [0.2, 0.25) is 5.91 Å². The van der Waals surface area contributed by atoms with Crippen LogP contribution >= 0.6 is 0 Å². The van der Waals surface area contributed by atoms with Crippen LogP contribution in [0.1, 0.15) is 0 Å². The first-order chi connectivity index (χ1) is 7.22. The van der Waals surface area contributed by atoms with Crippen molar-refractivity contribution in [3.05, 3.63) is 12.7 Å². The Morgan fingerprint density at radius 1 is 1.56 bits per heavy atom. The first-order valence-corrected chi connectivity index (χ1v) is 5.67. The molecule has 96 valence electrons. The molecule has 1 amide bonds. The van der Waals surface area contributed by atoms with Crippen LogP contribution in [0.15, 0.2) is 12.7 Å². The maximum Gasteiger partial charge on any atom is 0.397 e. The van der Waals surface area contributed by atoms with Crippen molar-refractivity contribution in [2.24, 2.45) is 0 Å². The molecule has 2 N–H and O–H groups in total. The molecule has 0 fully saturated rings. The number of hydrogen-bond donors (Lipinski definition) is 2. The van der Waals surface area contributed by atoms with Gasteiger partial charge in [-0.05, 0) is 20.2 Å². The van der Waals surface area contributed by atoms with Crippen LogP contribution in [0.25, 0.3) is 0 Å². The number of rotatable bonds is 5. The third-order valence-electron chi connectivity index (χ3n) is 1.25. The van der Waals surface area contributed by atoms with Gasteiger partial charge in [0.1, 0.15) is 0 Å². The molecule has 0 radical (unpaired) electrons. The number of nitrogens with zero attached hydrogens (tertiary/aromatic N) is 1. The van der Waals surface area contributed by atoms with Crippen LogP contribution in [0.5, 0.6) is 0 Å². The van der Waals surface area contributed by atoms with Gasteiger partial charge in [-0.25, -0.2) is 0 Å². The number of amides is 1. The highest BCUT2D eigenvalue weighted by atomic mass is 32.3. The van der Waals surface area contributed by atoms with E-state index < -0.39 is 10.4 Å². The molecule has 16 heavy (non-hydrogen) atoms. The van der Waals surface area contributed by atoms with Crippen molar-refractivity contribution in [3.8, 4) is 0 Å². The minimum absolute atomic E-state index is 0.109. The Morgan fingerprint density at radius 3 is 2.25 bits per heavy atom. The summed E-state index contributed by atoms with van der Waals surface area (Å²) < 4.78 is 29.7. The van der Waals surface area contributed by atoms with Gasteiger partial charge in [0, 0.05) is 13.1 Å². The normalized spacial score (nSPS) is 10.3. The lowest BCUT2D eigenvalue weighted by atomic mass is 10.5. The molecule has 0 spiro atoms. The van der Waals surface area contributed by atoms with E-state index in [1.807, 2.05) is 19.0 Å². The van der Waals surface area contributed by atoms with Crippen LogP contribution in [0.2, 0.25) is 0 Å². The van der Waals surface area contributed by atoms with Crippen molar-refractivity contribution in [3.63, 3.8) is 0 Å². The molecule has 0 aliphatic heterocycles. The fourth-order valence-corrected chi connectivity index (χ4v) is 0.475. The zero-order chi connectivity index (χ0) is 13.2. The number of likely N-dealkylation sites (N-methyl/N-ethyl adjacent to an activating group) is 1. The minimum Gasteiger partial charge on any atom is -0.351 e. The highest BCUT2D eigenvalue weighted by Gasteiger charge is 1.94. The van der Waals surface area contributed by atoms with Crippen molar-refractivity contribution in [2.45, 2.75) is 0 Å². The predicted molar refractivity (Wildman–Crippen MR) is 60.3 cm³/mol. The Morgan fingerprint density at radius 2 is 2.00 bits per heavy atom. The van der Waals surface area contributed by atoms with Crippen molar-refractivity contribution in [1.29, 1.82) is 0 Å². The molecule has 0 atom stereocenters. The summed E-state index contributed by atoms with van der Waals surface area (Å²) in [6, 6.07) is 0. The summed E-state index contributed by atoms with van der Waals surface area (Å²) in [4.78, 5) is 12.5. The van der Waals surface area contributed by atoms with E-state index in [1.54, 1.807) is 0 Å². The molecular formula is C8H18N2O5S. The Balaban J connectivity index is 0. The van der Waals surface area contributed by atoms with E-state index in [0.29, 0.717) is 6.54 Å². The van der Waals surface area contributed by atoms with Crippen LogP contribution < -0.4 is 5.32 Å². The third-order valence-corrected chi connectivity index (χ3v) is 1.68. The summed E-state index contributed by atoms with van der Waals surface area (Å²) in [5.74, 6) is -0.109. The topological polar surface area (TPSA) is 95.9 Å². The van der Waals surface area contributed by atoms with Gasteiger partial charge in [0.05, 0.1) is 7.11 Å². The quantitative estimate of drug-likeness (QED) is 0.497. The maximum absolute atomic E-state index is 10.5. The minimum atomic E-state index is -4.16. The summed E-state index contributed by atoms with van der Waals surface area (Å²) in [5, 5.41) is 2.66. The lowest BCUT2D eigenvalue weighted by molar-refractivity contribution is -0.116. The molecule has 0 aromatic carbocycles. The van der Waals surface area contributed by atoms with Crippen LogP contribution in [-0.2, 0) is 19.4 Å². The SMILES string of the molecule is C=CC(=O)NCCN(C)C.COS(=O)(=O)O. The zero-order valence-corrected chi connectivity index (χ0v) is 10.5. The van der Waals surface area contributed by atoms with E-state index in [4.69, 9.17) is 4.55 Å². The van der Waals surface area contributed by atoms with Gasteiger partial charge in [-0.1, -0.05) is 6.58 Å². The maximum atomic E-state index is 10.5. The number of nitrogens with one attached hydrogen (secondary N) is 1. The average Bonchev–Trinajstić information content (AvgIpc) is 2.17. The largest absolute Gasteiger partial charge is 0.397 e. The first kappa shape index (κ1) is 17.4. The van der Waals surface area contributed by atoms with E-state index in [9.17, 15) is 13.2 Å². The second kappa shape index (κ2) is 9.28. The lowest BCUT2D eigenvalue weighted by Crippen LogP contribution is -2.29. The molecule has 8 heteroatoms. The van der Waals surface area contributed by atoms with E-state index in [-0.39, 0.29) is 5.91 Å². The van der Waals surface area contributed by atoms with E-state index in [1.165, 1.54) is 6.08 Å². The summed E-state index contributed by atoms with van der Waals surface area (Å²) in [6.45, 7) is 4.87. The average molecular weight is 254 g/mol. The van der Waals surface area contributed by atoms with Crippen LogP contribution in [0.3, 0.4) is 0 Å². The first-order valence-electron chi connectivity index (χ1n) is 4.31. The molecule has 0 unspecified atom stereocenters. The zero-order valence-electron chi connectivity index (χ0n) is 9.63. The van der Waals surface area contributed by atoms with E-state index in [2.05, 4.69) is 16.1 Å². The van der Waals surface area contributed by atoms with Gasteiger partial charge in [0.25, 0.3) is 0 Å². The highest BCUT2D eigenvalue weighted by Crippen LogP contribution is 1.75. The fraction of sp³-hybridized carbons (Fsp3) is 0.625. The van der Waals surface area contributed by atoms with Crippen LogP contribution in [0.4, 0.5) is 0 Å². The molecule has 0 aromatic rings. The van der Waals surface area contributed by atoms with Gasteiger partial charge < -0.3 is 10.2 Å². The van der Waals surface area contributed by atoms with Crippen LogP contribution in [-0.4, -0.2) is 58.1 Å². The Bertz CT molecular complexity index is 300. The molecule has 0 rings (SSSR count). The van der Waals surface area contributed by atoms with Crippen molar-refractivity contribution >= 4 is 16.3 Å². The third kappa shape index (κ3) is 18.8. The molecule has 0 heterocycles. The van der Waals surface area contributed by atoms with Gasteiger partial charge in [-0.2, -0.15) is 8.42 Å². The second-order valence-electron chi connectivity index (χ2n) is 2.89. The van der Waals surface area contributed by atoms with E-state index >= 15 is 0 Å². The summed E-state index contributed by atoms with van der Waals surface area (Å²) >= 11 is 0. The van der Waals surface area contributed by atoms with Crippen molar-refractivity contribution in [1.82, 2.24) is 10.2 Å². The standard InChI is InChI=1S/C7H14N2O.CH4O4S/c1-4-7(10)8-5-6-9(2)3;1-5-6(2,3)4/h4H,1,5-6H2,2-3H3,(H,8,10);1H3,(H,2,3,4). The van der Waals surface area contributed by atoms with Crippen LogP contribution in [0, 0.1) is 0 Å². The predicted octanol–water partition coefficient (Wildman–Crippen LogP) is -0.714. The van der Waals surface area contributed by atoms with Gasteiger partial charge in [-0.15, -0.1) is 0 Å². The number of carbonyl (C=O) groups excluding carboxylic acids is 1. The fourth-order valence-electron chi connectivity index (χ4n) is 0.475. The number of hydrogen-bond acceptors (Lipinski definition) is 5. The summed E-state index contributed by atoms with van der Waals surface area (Å²) in [6.07, 6.45) is 1.27. The molecule has 0 bridgehead atoms. The Labute approximate surface area is 96.0 Å². The van der Waals surface area contributed by atoms with Gasteiger partial charge in [-0.3, -0.25) is 13.5 Å². The van der Waals surface area contributed by atoms with Crippen molar-refractivity contribution < 1.29 is 21.9 Å². The molecule has 0 aliphatic rings. The molecule has 0 saturated heterocycles. The molecular weight excluding hydrogens is 236 g/mol. The lowest BCUT2D eigenvalue weighted by Gasteiger charge is -2.08. The Kier molecular flexibility index (Phi) is 10.1. The summed E-state index contributed by atoms with van der Waals surface area (Å²) in [5.41, 5.74) is 0. The molecule has 0 aromatic heterocycles. The van der Waals surface area contributed by atoms with Gasteiger partial charge in [0.15, 0.2) is 0 Å². The Hall–Kier alpha value is -0.960. The van der Waals surface area contributed by atoms with Crippen molar-refractivity contribution in [2.75, 3.05) is 34.3 Å².